The first kappa shape index (κ1) is 24.2. The summed E-state index contributed by atoms with van der Waals surface area (Å²) in [6.07, 6.45) is 11.1. The lowest BCUT2D eigenvalue weighted by Crippen LogP contribution is -2.31. The highest BCUT2D eigenvalue weighted by Crippen LogP contribution is 2.38. The number of benzene rings is 1. The number of pyridine rings is 1. The van der Waals surface area contributed by atoms with Gasteiger partial charge in [0.25, 0.3) is 0 Å². The molecule has 0 aliphatic heterocycles. The second kappa shape index (κ2) is 11.5. The highest BCUT2D eigenvalue weighted by molar-refractivity contribution is 5.89. The third kappa shape index (κ3) is 6.16. The Labute approximate surface area is 202 Å². The predicted octanol–water partition coefficient (Wildman–Crippen LogP) is 5.59. The summed E-state index contributed by atoms with van der Waals surface area (Å²) in [5.41, 5.74) is 2.65. The molecule has 0 saturated heterocycles. The highest BCUT2D eigenvalue weighted by atomic mass is 16.5. The van der Waals surface area contributed by atoms with E-state index in [9.17, 15) is 9.59 Å². The number of carbonyl (C=O) groups excluding carboxylic acids is 2. The zero-order valence-corrected chi connectivity index (χ0v) is 20.3. The standard InChI is InChI=1S/C28H36N2O4/c1-19(21-8-10-22(11-9-21)28(32)33-2)30-27(31)24-13-12-23(16-24)25-14-15-26(29-17-25)34-18-20-6-4-3-5-7-20/h8-11,14-15,17,19-20,23-24H,3-7,12-13,16,18H2,1-2H3,(H,30,31). The summed E-state index contributed by atoms with van der Waals surface area (Å²) in [4.78, 5) is 29.0. The first-order valence-corrected chi connectivity index (χ1v) is 12.6. The Bertz CT molecular complexity index is 951. The Kier molecular flexibility index (Phi) is 8.20. The maximum absolute atomic E-state index is 12.9. The second-order valence-corrected chi connectivity index (χ2v) is 9.80. The first-order valence-electron chi connectivity index (χ1n) is 12.6. The van der Waals surface area contributed by atoms with E-state index >= 15 is 0 Å². The Morgan fingerprint density at radius 1 is 1.03 bits per heavy atom. The van der Waals surface area contributed by atoms with Gasteiger partial charge in [0.2, 0.25) is 11.8 Å². The van der Waals surface area contributed by atoms with E-state index in [1.54, 1.807) is 12.1 Å². The van der Waals surface area contributed by atoms with E-state index in [2.05, 4.69) is 16.4 Å². The fraction of sp³-hybridized carbons (Fsp3) is 0.536. The van der Waals surface area contributed by atoms with Crippen LogP contribution in [0.2, 0.25) is 0 Å². The van der Waals surface area contributed by atoms with E-state index in [0.717, 1.165) is 31.4 Å². The molecule has 3 atom stereocenters. The van der Waals surface area contributed by atoms with Gasteiger partial charge in [-0.25, -0.2) is 9.78 Å². The van der Waals surface area contributed by atoms with Gasteiger partial charge in [0, 0.05) is 18.2 Å². The van der Waals surface area contributed by atoms with Crippen LogP contribution in [0.4, 0.5) is 0 Å². The van der Waals surface area contributed by atoms with E-state index in [1.807, 2.05) is 31.3 Å². The van der Waals surface area contributed by atoms with Gasteiger partial charge in [-0.1, -0.05) is 37.5 Å². The van der Waals surface area contributed by atoms with E-state index in [-0.39, 0.29) is 23.8 Å². The molecule has 0 spiro atoms. The molecule has 1 aromatic carbocycles. The Morgan fingerprint density at radius 3 is 2.47 bits per heavy atom. The van der Waals surface area contributed by atoms with Gasteiger partial charge in [0.15, 0.2) is 0 Å². The van der Waals surface area contributed by atoms with Gasteiger partial charge in [0.05, 0.1) is 25.3 Å². The van der Waals surface area contributed by atoms with Crippen molar-refractivity contribution < 1.29 is 19.1 Å². The van der Waals surface area contributed by atoms with Gasteiger partial charge in [-0.15, -0.1) is 0 Å². The van der Waals surface area contributed by atoms with Crippen LogP contribution < -0.4 is 10.1 Å². The monoisotopic (exact) mass is 464 g/mol. The van der Waals surface area contributed by atoms with Gasteiger partial charge >= 0.3 is 5.97 Å². The van der Waals surface area contributed by atoms with Crippen LogP contribution in [0.5, 0.6) is 5.88 Å². The maximum Gasteiger partial charge on any atom is 0.337 e. The molecule has 4 rings (SSSR count). The smallest absolute Gasteiger partial charge is 0.337 e. The molecular weight excluding hydrogens is 428 g/mol. The molecule has 1 heterocycles. The summed E-state index contributed by atoms with van der Waals surface area (Å²) in [6, 6.07) is 11.1. The van der Waals surface area contributed by atoms with Crippen molar-refractivity contribution in [1.29, 1.82) is 0 Å². The summed E-state index contributed by atoms with van der Waals surface area (Å²) in [6.45, 7) is 2.73. The highest BCUT2D eigenvalue weighted by Gasteiger charge is 2.31. The largest absolute Gasteiger partial charge is 0.477 e. The first-order chi connectivity index (χ1) is 16.5. The number of rotatable bonds is 8. The Balaban J connectivity index is 1.25. The topological polar surface area (TPSA) is 77.5 Å². The lowest BCUT2D eigenvalue weighted by molar-refractivity contribution is -0.125. The summed E-state index contributed by atoms with van der Waals surface area (Å²) < 4.78 is 10.7. The van der Waals surface area contributed by atoms with Gasteiger partial charge < -0.3 is 14.8 Å². The van der Waals surface area contributed by atoms with Crippen molar-refractivity contribution in [2.45, 2.75) is 70.3 Å². The third-order valence-electron chi connectivity index (χ3n) is 7.42. The number of hydrogen-bond donors (Lipinski definition) is 1. The van der Waals surface area contributed by atoms with Crippen LogP contribution >= 0.6 is 0 Å². The molecule has 1 N–H and O–H groups in total. The second-order valence-electron chi connectivity index (χ2n) is 9.80. The molecule has 3 unspecified atom stereocenters. The number of ether oxygens (including phenoxy) is 2. The number of carbonyl (C=O) groups is 2. The molecule has 34 heavy (non-hydrogen) atoms. The van der Waals surface area contributed by atoms with Crippen LogP contribution in [0.25, 0.3) is 0 Å². The third-order valence-corrected chi connectivity index (χ3v) is 7.42. The van der Waals surface area contributed by atoms with Crippen molar-refractivity contribution in [2.24, 2.45) is 11.8 Å². The fourth-order valence-electron chi connectivity index (χ4n) is 5.24. The van der Waals surface area contributed by atoms with Gasteiger partial charge in [-0.05, 0) is 74.1 Å². The SMILES string of the molecule is COC(=O)c1ccc(C(C)NC(=O)C2CCC(c3ccc(OCC4CCCCC4)nc3)C2)cc1. The van der Waals surface area contributed by atoms with Crippen molar-refractivity contribution in [1.82, 2.24) is 10.3 Å². The Hall–Kier alpha value is -2.89. The van der Waals surface area contributed by atoms with Crippen molar-refractivity contribution in [3.8, 4) is 5.88 Å². The number of esters is 1. The summed E-state index contributed by atoms with van der Waals surface area (Å²) in [5.74, 6) is 1.45. The summed E-state index contributed by atoms with van der Waals surface area (Å²) >= 11 is 0. The zero-order chi connectivity index (χ0) is 23.9. The average molecular weight is 465 g/mol. The minimum absolute atomic E-state index is 0.00372. The maximum atomic E-state index is 12.9. The summed E-state index contributed by atoms with van der Waals surface area (Å²) in [7, 11) is 1.37. The molecule has 0 bridgehead atoms. The number of amides is 1. The van der Waals surface area contributed by atoms with E-state index in [4.69, 9.17) is 9.47 Å². The fourth-order valence-corrected chi connectivity index (χ4v) is 5.24. The molecule has 6 heteroatoms. The van der Waals surface area contributed by atoms with Crippen LogP contribution in [-0.2, 0) is 9.53 Å². The minimum atomic E-state index is -0.362. The molecule has 2 aliphatic carbocycles. The molecule has 2 saturated carbocycles. The molecule has 0 radical (unpaired) electrons. The van der Waals surface area contributed by atoms with Crippen LogP contribution in [-0.4, -0.2) is 30.6 Å². The lowest BCUT2D eigenvalue weighted by atomic mass is 9.90. The molecule has 1 amide bonds. The van der Waals surface area contributed by atoms with Crippen molar-refractivity contribution >= 4 is 11.9 Å². The molecule has 2 aliphatic rings. The quantitative estimate of drug-likeness (QED) is 0.516. The molecular formula is C28H36N2O4. The van der Waals surface area contributed by atoms with Crippen LogP contribution in [0.3, 0.4) is 0 Å². The zero-order valence-electron chi connectivity index (χ0n) is 20.3. The van der Waals surface area contributed by atoms with E-state index in [0.29, 0.717) is 23.3 Å². The van der Waals surface area contributed by atoms with Gasteiger partial charge in [-0.3, -0.25) is 4.79 Å². The average Bonchev–Trinajstić information content (AvgIpc) is 3.38. The molecule has 1 aromatic heterocycles. The predicted molar refractivity (Wildman–Crippen MR) is 131 cm³/mol. The number of hydrogen-bond acceptors (Lipinski definition) is 5. The van der Waals surface area contributed by atoms with Crippen molar-refractivity contribution in [2.75, 3.05) is 13.7 Å². The lowest BCUT2D eigenvalue weighted by Gasteiger charge is -2.21. The van der Waals surface area contributed by atoms with Crippen LogP contribution in [0.1, 0.15) is 91.7 Å². The number of methoxy groups -OCH3 is 1. The number of nitrogens with zero attached hydrogens (tertiary/aromatic N) is 1. The number of aromatic nitrogens is 1. The van der Waals surface area contributed by atoms with Crippen LogP contribution in [0, 0.1) is 11.8 Å². The van der Waals surface area contributed by atoms with E-state index in [1.165, 1.54) is 44.8 Å². The van der Waals surface area contributed by atoms with E-state index < -0.39 is 0 Å². The number of nitrogens with one attached hydrogen (secondary N) is 1. The van der Waals surface area contributed by atoms with Gasteiger partial charge in [-0.2, -0.15) is 0 Å². The normalized spacial score (nSPS) is 21.6. The molecule has 182 valence electrons. The summed E-state index contributed by atoms with van der Waals surface area (Å²) in [5, 5.41) is 3.14. The Morgan fingerprint density at radius 2 is 1.79 bits per heavy atom. The van der Waals surface area contributed by atoms with Crippen molar-refractivity contribution in [3.05, 3.63) is 59.3 Å². The molecule has 2 aromatic rings. The minimum Gasteiger partial charge on any atom is -0.477 e. The molecule has 6 nitrogen and oxygen atoms in total. The molecule has 2 fully saturated rings. The van der Waals surface area contributed by atoms with Crippen molar-refractivity contribution in [3.63, 3.8) is 0 Å². The van der Waals surface area contributed by atoms with Crippen LogP contribution in [0.15, 0.2) is 42.6 Å². The van der Waals surface area contributed by atoms with Gasteiger partial charge in [0.1, 0.15) is 0 Å².